The van der Waals surface area contributed by atoms with E-state index >= 15 is 0 Å². The van der Waals surface area contributed by atoms with E-state index in [2.05, 4.69) is 0 Å². The fourth-order valence-electron chi connectivity index (χ4n) is 1.95. The molecule has 1 saturated heterocycles. The van der Waals surface area contributed by atoms with Gasteiger partial charge in [0.2, 0.25) is 10.0 Å². The maximum absolute atomic E-state index is 13.7. The molecule has 0 bridgehead atoms. The summed E-state index contributed by atoms with van der Waals surface area (Å²) in [7, 11) is -3.68. The third-order valence-electron chi connectivity index (χ3n) is 2.91. The minimum absolute atomic E-state index is 0.195. The maximum Gasteiger partial charge on any atom is 0.245 e. The number of nitrogens with zero attached hydrogens (tertiary/aromatic N) is 1. The lowest BCUT2D eigenvalue weighted by atomic mass is 10.2. The number of hydrogen-bond acceptors (Lipinski definition) is 3. The zero-order chi connectivity index (χ0) is 12.5. The second kappa shape index (κ2) is 4.72. The summed E-state index contributed by atoms with van der Waals surface area (Å²) in [4.78, 5) is -0.253. The minimum atomic E-state index is -3.68. The first-order chi connectivity index (χ1) is 8.05. The van der Waals surface area contributed by atoms with Gasteiger partial charge in [0.1, 0.15) is 10.7 Å². The Morgan fingerprint density at radius 1 is 1.29 bits per heavy atom. The standard InChI is InChI=1S/C11H15FN2O2S/c12-10-7-9(8-13)3-4-11(10)17(15,16)14-5-1-2-6-14/h3-4,7H,1-2,5-6,8,13H2. The third kappa shape index (κ3) is 2.34. The van der Waals surface area contributed by atoms with E-state index in [1.165, 1.54) is 16.4 Å². The van der Waals surface area contributed by atoms with Crippen LogP contribution < -0.4 is 5.73 Å². The van der Waals surface area contributed by atoms with E-state index in [1.807, 2.05) is 0 Å². The Labute approximate surface area is 100 Å². The van der Waals surface area contributed by atoms with Crippen LogP contribution in [-0.2, 0) is 16.6 Å². The molecule has 1 heterocycles. The number of sulfonamides is 1. The molecule has 1 aromatic rings. The molecular formula is C11H15FN2O2S. The van der Waals surface area contributed by atoms with Crippen LogP contribution in [0.2, 0.25) is 0 Å². The summed E-state index contributed by atoms with van der Waals surface area (Å²) in [5.41, 5.74) is 5.96. The molecule has 0 spiro atoms. The fourth-order valence-corrected chi connectivity index (χ4v) is 3.51. The third-order valence-corrected chi connectivity index (χ3v) is 4.85. The van der Waals surface area contributed by atoms with E-state index in [0.717, 1.165) is 12.8 Å². The van der Waals surface area contributed by atoms with Gasteiger partial charge in [-0.2, -0.15) is 4.31 Å². The molecule has 0 aliphatic carbocycles. The summed E-state index contributed by atoms with van der Waals surface area (Å²) in [6.07, 6.45) is 1.67. The van der Waals surface area contributed by atoms with Gasteiger partial charge in [-0.05, 0) is 30.5 Å². The predicted octanol–water partition coefficient (Wildman–Crippen LogP) is 1.07. The van der Waals surface area contributed by atoms with Gasteiger partial charge in [0.05, 0.1) is 0 Å². The summed E-state index contributed by atoms with van der Waals surface area (Å²) >= 11 is 0. The van der Waals surface area contributed by atoms with Gasteiger partial charge < -0.3 is 5.73 Å². The van der Waals surface area contributed by atoms with Gasteiger partial charge in [-0.15, -0.1) is 0 Å². The highest BCUT2D eigenvalue weighted by Crippen LogP contribution is 2.23. The summed E-state index contributed by atoms with van der Waals surface area (Å²) in [5.74, 6) is -0.722. The summed E-state index contributed by atoms with van der Waals surface area (Å²) < 4.78 is 39.3. The van der Waals surface area contributed by atoms with Crippen LogP contribution in [-0.4, -0.2) is 25.8 Å². The van der Waals surface area contributed by atoms with Crippen molar-refractivity contribution in [2.24, 2.45) is 5.73 Å². The van der Waals surface area contributed by atoms with Crippen LogP contribution in [0, 0.1) is 5.82 Å². The highest BCUT2D eigenvalue weighted by atomic mass is 32.2. The molecule has 2 N–H and O–H groups in total. The van der Waals surface area contributed by atoms with Gasteiger partial charge in [-0.3, -0.25) is 0 Å². The normalized spacial score (nSPS) is 17.5. The van der Waals surface area contributed by atoms with E-state index in [4.69, 9.17) is 5.73 Å². The highest BCUT2D eigenvalue weighted by molar-refractivity contribution is 7.89. The molecule has 2 rings (SSSR count). The molecule has 6 heteroatoms. The molecule has 0 unspecified atom stereocenters. The van der Waals surface area contributed by atoms with Crippen molar-refractivity contribution < 1.29 is 12.8 Å². The SMILES string of the molecule is NCc1ccc(S(=O)(=O)N2CCCC2)c(F)c1. The Kier molecular flexibility index (Phi) is 3.46. The highest BCUT2D eigenvalue weighted by Gasteiger charge is 2.29. The topological polar surface area (TPSA) is 63.4 Å². The average Bonchev–Trinajstić information content (AvgIpc) is 2.82. The van der Waals surface area contributed by atoms with Crippen molar-refractivity contribution in [3.8, 4) is 0 Å². The summed E-state index contributed by atoms with van der Waals surface area (Å²) in [5, 5.41) is 0. The van der Waals surface area contributed by atoms with Gasteiger partial charge in [0.25, 0.3) is 0 Å². The molecule has 1 fully saturated rings. The van der Waals surface area contributed by atoms with Crippen molar-refractivity contribution in [3.05, 3.63) is 29.6 Å². The molecule has 4 nitrogen and oxygen atoms in total. The first-order valence-corrected chi connectivity index (χ1v) is 6.98. The second-order valence-corrected chi connectivity index (χ2v) is 5.99. The predicted molar refractivity (Wildman–Crippen MR) is 62.3 cm³/mol. The number of halogens is 1. The second-order valence-electron chi connectivity index (χ2n) is 4.08. The first-order valence-electron chi connectivity index (χ1n) is 5.54. The zero-order valence-corrected chi connectivity index (χ0v) is 10.2. The van der Waals surface area contributed by atoms with Gasteiger partial charge in [-0.25, -0.2) is 12.8 Å². The number of rotatable bonds is 3. The van der Waals surface area contributed by atoms with Crippen LogP contribution in [0.25, 0.3) is 0 Å². The first kappa shape index (κ1) is 12.5. The van der Waals surface area contributed by atoms with Crippen LogP contribution in [0.3, 0.4) is 0 Å². The lowest BCUT2D eigenvalue weighted by Crippen LogP contribution is -2.28. The van der Waals surface area contributed by atoms with Crippen LogP contribution in [0.4, 0.5) is 4.39 Å². The van der Waals surface area contributed by atoms with E-state index in [1.54, 1.807) is 6.07 Å². The number of hydrogen-bond donors (Lipinski definition) is 1. The molecule has 0 radical (unpaired) electrons. The quantitative estimate of drug-likeness (QED) is 0.882. The Hall–Kier alpha value is -0.980. The van der Waals surface area contributed by atoms with Crippen molar-refractivity contribution in [3.63, 3.8) is 0 Å². The van der Waals surface area contributed by atoms with Gasteiger partial charge >= 0.3 is 0 Å². The van der Waals surface area contributed by atoms with Gasteiger partial charge in [-0.1, -0.05) is 6.07 Å². The van der Waals surface area contributed by atoms with Crippen LogP contribution >= 0.6 is 0 Å². The summed E-state index contributed by atoms with van der Waals surface area (Å²) in [6, 6.07) is 4.03. The maximum atomic E-state index is 13.7. The molecule has 17 heavy (non-hydrogen) atoms. The Bertz CT molecular complexity index is 510. The molecule has 1 aliphatic rings. The monoisotopic (exact) mass is 258 g/mol. The largest absolute Gasteiger partial charge is 0.326 e. The van der Waals surface area contributed by atoms with E-state index in [-0.39, 0.29) is 11.4 Å². The zero-order valence-electron chi connectivity index (χ0n) is 9.39. The van der Waals surface area contributed by atoms with Crippen LogP contribution in [0.15, 0.2) is 23.1 Å². The van der Waals surface area contributed by atoms with Crippen molar-refractivity contribution in [1.82, 2.24) is 4.31 Å². The van der Waals surface area contributed by atoms with E-state index in [9.17, 15) is 12.8 Å². The molecule has 0 aromatic heterocycles. The molecule has 1 aromatic carbocycles. The Morgan fingerprint density at radius 3 is 2.47 bits per heavy atom. The number of benzene rings is 1. The molecule has 0 amide bonds. The molecule has 0 saturated carbocycles. The van der Waals surface area contributed by atoms with Crippen molar-refractivity contribution >= 4 is 10.0 Å². The fraction of sp³-hybridized carbons (Fsp3) is 0.455. The van der Waals surface area contributed by atoms with E-state index < -0.39 is 15.8 Å². The summed E-state index contributed by atoms with van der Waals surface area (Å²) in [6.45, 7) is 1.14. The molecule has 94 valence electrons. The van der Waals surface area contributed by atoms with E-state index in [0.29, 0.717) is 18.7 Å². The Morgan fingerprint density at radius 2 is 1.94 bits per heavy atom. The van der Waals surface area contributed by atoms with Crippen molar-refractivity contribution in [2.45, 2.75) is 24.3 Å². The molecular weight excluding hydrogens is 243 g/mol. The smallest absolute Gasteiger partial charge is 0.245 e. The van der Waals surface area contributed by atoms with Gasteiger partial charge in [0, 0.05) is 19.6 Å². The van der Waals surface area contributed by atoms with Crippen molar-refractivity contribution in [1.29, 1.82) is 0 Å². The number of nitrogens with two attached hydrogens (primary N) is 1. The lowest BCUT2D eigenvalue weighted by Gasteiger charge is -2.16. The molecule has 1 aliphatic heterocycles. The average molecular weight is 258 g/mol. The van der Waals surface area contributed by atoms with Crippen LogP contribution in [0.5, 0.6) is 0 Å². The lowest BCUT2D eigenvalue weighted by molar-refractivity contribution is 0.469. The Balaban J connectivity index is 2.39. The van der Waals surface area contributed by atoms with Crippen molar-refractivity contribution in [2.75, 3.05) is 13.1 Å². The van der Waals surface area contributed by atoms with Crippen LogP contribution in [0.1, 0.15) is 18.4 Å². The van der Waals surface area contributed by atoms with Gasteiger partial charge in [0.15, 0.2) is 0 Å². The molecule has 0 atom stereocenters. The minimum Gasteiger partial charge on any atom is -0.326 e.